The van der Waals surface area contributed by atoms with E-state index in [1.54, 1.807) is 0 Å². The van der Waals surface area contributed by atoms with Crippen molar-refractivity contribution < 1.29 is 0 Å². The number of hydrogen-bond donors (Lipinski definition) is 1. The molecule has 19 heavy (non-hydrogen) atoms. The lowest BCUT2D eigenvalue weighted by atomic mass is 9.70. The Balaban J connectivity index is 2.19. The SMILES string of the molecule is CCCC1CCC(CN)C(c2ccc(Cl)c(Cl)c2)C1. The molecule has 0 spiro atoms. The Labute approximate surface area is 126 Å². The highest BCUT2D eigenvalue weighted by molar-refractivity contribution is 6.42. The molecule has 0 amide bonds. The second kappa shape index (κ2) is 6.97. The third-order valence-corrected chi connectivity index (χ3v) is 5.21. The summed E-state index contributed by atoms with van der Waals surface area (Å²) >= 11 is 12.2. The Bertz CT molecular complexity index is 419. The molecule has 0 saturated heterocycles. The van der Waals surface area contributed by atoms with E-state index in [1.165, 1.54) is 37.7 Å². The van der Waals surface area contributed by atoms with Gasteiger partial charge < -0.3 is 5.73 Å². The second-order valence-corrected chi connectivity index (χ2v) is 6.56. The van der Waals surface area contributed by atoms with E-state index in [-0.39, 0.29) is 0 Å². The summed E-state index contributed by atoms with van der Waals surface area (Å²) in [6.45, 7) is 3.03. The summed E-state index contributed by atoms with van der Waals surface area (Å²) in [5, 5.41) is 1.29. The number of nitrogens with two attached hydrogens (primary N) is 1. The Hall–Kier alpha value is -0.240. The van der Waals surface area contributed by atoms with Gasteiger partial charge in [0.2, 0.25) is 0 Å². The van der Waals surface area contributed by atoms with Gasteiger partial charge in [0.1, 0.15) is 0 Å². The maximum Gasteiger partial charge on any atom is 0.0595 e. The lowest BCUT2D eigenvalue weighted by Gasteiger charge is -2.36. The first kappa shape index (κ1) is 15.2. The summed E-state index contributed by atoms with van der Waals surface area (Å²) in [6.07, 6.45) is 6.41. The molecule has 2 rings (SSSR count). The molecule has 1 aliphatic carbocycles. The molecule has 3 unspecified atom stereocenters. The largest absolute Gasteiger partial charge is 0.330 e. The molecular weight excluding hydrogens is 277 g/mol. The number of benzene rings is 1. The van der Waals surface area contributed by atoms with E-state index < -0.39 is 0 Å². The van der Waals surface area contributed by atoms with Crippen molar-refractivity contribution in [3.63, 3.8) is 0 Å². The van der Waals surface area contributed by atoms with Gasteiger partial charge in [-0.05, 0) is 54.8 Å². The van der Waals surface area contributed by atoms with E-state index in [2.05, 4.69) is 13.0 Å². The van der Waals surface area contributed by atoms with Crippen molar-refractivity contribution in [3.05, 3.63) is 33.8 Å². The van der Waals surface area contributed by atoms with Gasteiger partial charge in [-0.2, -0.15) is 0 Å². The normalized spacial score (nSPS) is 27.5. The molecule has 0 aliphatic heterocycles. The summed E-state index contributed by atoms with van der Waals surface area (Å²) in [5.41, 5.74) is 7.27. The Morgan fingerprint density at radius 1 is 1.21 bits per heavy atom. The molecule has 1 fully saturated rings. The molecule has 1 aromatic carbocycles. The first-order valence-corrected chi connectivity index (χ1v) is 8.06. The van der Waals surface area contributed by atoms with E-state index >= 15 is 0 Å². The molecule has 1 nitrogen and oxygen atoms in total. The van der Waals surface area contributed by atoms with Crippen LogP contribution in [0.4, 0.5) is 0 Å². The first-order valence-electron chi connectivity index (χ1n) is 7.30. The van der Waals surface area contributed by atoms with Gasteiger partial charge in [0.05, 0.1) is 10.0 Å². The maximum atomic E-state index is 6.16. The smallest absolute Gasteiger partial charge is 0.0595 e. The van der Waals surface area contributed by atoms with Crippen LogP contribution in [0.1, 0.15) is 50.5 Å². The minimum absolute atomic E-state index is 0.546. The Morgan fingerprint density at radius 3 is 2.63 bits per heavy atom. The van der Waals surface area contributed by atoms with Crippen LogP contribution < -0.4 is 5.73 Å². The molecule has 106 valence electrons. The maximum absolute atomic E-state index is 6.16. The van der Waals surface area contributed by atoms with Gasteiger partial charge in [-0.25, -0.2) is 0 Å². The molecule has 3 heteroatoms. The molecule has 1 aliphatic rings. The highest BCUT2D eigenvalue weighted by Crippen LogP contribution is 2.42. The summed E-state index contributed by atoms with van der Waals surface area (Å²) < 4.78 is 0. The fraction of sp³-hybridized carbons (Fsp3) is 0.625. The fourth-order valence-corrected chi connectivity index (χ4v) is 3.73. The topological polar surface area (TPSA) is 26.0 Å². The monoisotopic (exact) mass is 299 g/mol. The number of hydrogen-bond acceptors (Lipinski definition) is 1. The van der Waals surface area contributed by atoms with Gasteiger partial charge in [0.25, 0.3) is 0 Å². The van der Waals surface area contributed by atoms with E-state index in [0.29, 0.717) is 21.9 Å². The highest BCUT2D eigenvalue weighted by Gasteiger charge is 2.30. The summed E-state index contributed by atoms with van der Waals surface area (Å²) in [4.78, 5) is 0. The predicted molar refractivity (Wildman–Crippen MR) is 84.0 cm³/mol. The average molecular weight is 300 g/mol. The van der Waals surface area contributed by atoms with Crippen molar-refractivity contribution in [1.29, 1.82) is 0 Å². The molecule has 1 saturated carbocycles. The van der Waals surface area contributed by atoms with Crippen molar-refractivity contribution in [1.82, 2.24) is 0 Å². The quantitative estimate of drug-likeness (QED) is 0.807. The van der Waals surface area contributed by atoms with Crippen molar-refractivity contribution in [2.24, 2.45) is 17.6 Å². The number of rotatable bonds is 4. The van der Waals surface area contributed by atoms with Crippen LogP contribution in [0.5, 0.6) is 0 Å². The molecular formula is C16H23Cl2N. The van der Waals surface area contributed by atoms with Gasteiger partial charge in [0, 0.05) is 0 Å². The third-order valence-electron chi connectivity index (χ3n) is 4.47. The van der Waals surface area contributed by atoms with E-state index in [0.717, 1.165) is 12.5 Å². The lowest BCUT2D eigenvalue weighted by Crippen LogP contribution is -2.29. The van der Waals surface area contributed by atoms with Crippen LogP contribution in [0.3, 0.4) is 0 Å². The highest BCUT2D eigenvalue weighted by atomic mass is 35.5. The van der Waals surface area contributed by atoms with Gasteiger partial charge >= 0.3 is 0 Å². The standard InChI is InChI=1S/C16H23Cl2N/c1-2-3-11-4-5-13(10-19)14(8-11)12-6-7-15(17)16(18)9-12/h6-7,9,11,13-14H,2-5,8,10,19H2,1H3. The van der Waals surface area contributed by atoms with E-state index in [1.807, 2.05) is 12.1 Å². The van der Waals surface area contributed by atoms with Gasteiger partial charge in [0.15, 0.2) is 0 Å². The average Bonchev–Trinajstić information content (AvgIpc) is 2.42. The van der Waals surface area contributed by atoms with Crippen molar-refractivity contribution in [2.45, 2.75) is 44.9 Å². The molecule has 0 heterocycles. The predicted octanol–water partition coefficient (Wildman–Crippen LogP) is 5.25. The zero-order valence-corrected chi connectivity index (χ0v) is 13.1. The summed E-state index contributed by atoms with van der Waals surface area (Å²) in [5.74, 6) is 1.97. The molecule has 3 atom stereocenters. The van der Waals surface area contributed by atoms with Crippen molar-refractivity contribution >= 4 is 23.2 Å². The zero-order valence-electron chi connectivity index (χ0n) is 11.5. The molecule has 0 aromatic heterocycles. The van der Waals surface area contributed by atoms with Gasteiger partial charge in [-0.1, -0.05) is 55.5 Å². The van der Waals surface area contributed by atoms with Crippen LogP contribution in [-0.2, 0) is 0 Å². The molecule has 0 radical (unpaired) electrons. The van der Waals surface area contributed by atoms with Crippen LogP contribution in [0.15, 0.2) is 18.2 Å². The van der Waals surface area contributed by atoms with Crippen molar-refractivity contribution in [3.8, 4) is 0 Å². The second-order valence-electron chi connectivity index (χ2n) is 5.74. The lowest BCUT2D eigenvalue weighted by molar-refractivity contribution is 0.230. The van der Waals surface area contributed by atoms with Crippen LogP contribution in [0.25, 0.3) is 0 Å². The summed E-state index contributed by atoms with van der Waals surface area (Å²) in [7, 11) is 0. The van der Waals surface area contributed by atoms with Crippen LogP contribution in [0.2, 0.25) is 10.0 Å². The molecule has 2 N–H and O–H groups in total. The Kier molecular flexibility index (Phi) is 5.56. The fourth-order valence-electron chi connectivity index (χ4n) is 3.42. The zero-order chi connectivity index (χ0) is 13.8. The van der Waals surface area contributed by atoms with Crippen LogP contribution in [0, 0.1) is 11.8 Å². The van der Waals surface area contributed by atoms with Crippen molar-refractivity contribution in [2.75, 3.05) is 6.54 Å². The minimum Gasteiger partial charge on any atom is -0.330 e. The molecule has 0 bridgehead atoms. The summed E-state index contributed by atoms with van der Waals surface area (Å²) in [6, 6.07) is 6.07. The Morgan fingerprint density at radius 2 is 2.00 bits per heavy atom. The first-order chi connectivity index (χ1) is 9.15. The van der Waals surface area contributed by atoms with Crippen LogP contribution in [-0.4, -0.2) is 6.54 Å². The van der Waals surface area contributed by atoms with E-state index in [4.69, 9.17) is 28.9 Å². The van der Waals surface area contributed by atoms with Crippen LogP contribution >= 0.6 is 23.2 Å². The van der Waals surface area contributed by atoms with Gasteiger partial charge in [-0.3, -0.25) is 0 Å². The minimum atomic E-state index is 0.546. The molecule has 1 aromatic rings. The van der Waals surface area contributed by atoms with E-state index in [9.17, 15) is 0 Å². The third kappa shape index (κ3) is 3.65. The number of halogens is 2. The van der Waals surface area contributed by atoms with Gasteiger partial charge in [-0.15, -0.1) is 0 Å².